The molecular formula is C25H24F2N2O3. The molecule has 0 aromatic heterocycles. The van der Waals surface area contributed by atoms with Gasteiger partial charge in [-0.05, 0) is 48.4 Å². The summed E-state index contributed by atoms with van der Waals surface area (Å²) in [6.07, 6.45) is 0. The van der Waals surface area contributed by atoms with Crippen LogP contribution in [0.3, 0.4) is 0 Å². The van der Waals surface area contributed by atoms with E-state index in [1.807, 2.05) is 49.4 Å². The standard InChI is InChI=1S/C25H24F2N2O3/c1-17(20-10-6-12-22(14-20)28-18(2)30)29(16-19-8-4-3-5-9-19)24(31)21-11-7-13-23(15-21)32-25(26)27/h3-15,17,25H,16H2,1-2H3,(H,28,30). The Kier molecular flexibility index (Phi) is 7.54. The van der Waals surface area contributed by atoms with Crippen LogP contribution >= 0.6 is 0 Å². The Morgan fingerprint density at radius 3 is 2.38 bits per heavy atom. The minimum Gasteiger partial charge on any atom is -0.435 e. The minimum atomic E-state index is -2.98. The Balaban J connectivity index is 1.95. The summed E-state index contributed by atoms with van der Waals surface area (Å²) in [7, 11) is 0. The number of hydrogen-bond acceptors (Lipinski definition) is 3. The highest BCUT2D eigenvalue weighted by Gasteiger charge is 2.24. The fourth-order valence-electron chi connectivity index (χ4n) is 3.40. The molecular weight excluding hydrogens is 414 g/mol. The Morgan fingerprint density at radius 2 is 1.69 bits per heavy atom. The molecule has 0 radical (unpaired) electrons. The molecule has 7 heteroatoms. The van der Waals surface area contributed by atoms with Crippen molar-refractivity contribution in [2.24, 2.45) is 0 Å². The van der Waals surface area contributed by atoms with Gasteiger partial charge in [0, 0.05) is 24.7 Å². The van der Waals surface area contributed by atoms with E-state index >= 15 is 0 Å². The summed E-state index contributed by atoms with van der Waals surface area (Å²) in [5.41, 5.74) is 2.61. The quantitative estimate of drug-likeness (QED) is 0.494. The second kappa shape index (κ2) is 10.5. The molecule has 166 valence electrons. The highest BCUT2D eigenvalue weighted by atomic mass is 19.3. The van der Waals surface area contributed by atoms with Gasteiger partial charge in [-0.15, -0.1) is 0 Å². The number of nitrogens with zero attached hydrogens (tertiary/aromatic N) is 1. The molecule has 5 nitrogen and oxygen atoms in total. The molecule has 0 saturated heterocycles. The summed E-state index contributed by atoms with van der Waals surface area (Å²) in [6.45, 7) is 0.643. The van der Waals surface area contributed by atoms with E-state index in [9.17, 15) is 18.4 Å². The molecule has 3 aromatic carbocycles. The number of benzene rings is 3. The number of alkyl halides is 2. The monoisotopic (exact) mass is 438 g/mol. The van der Waals surface area contributed by atoms with Crippen LogP contribution in [0.5, 0.6) is 5.75 Å². The zero-order chi connectivity index (χ0) is 23.1. The lowest BCUT2D eigenvalue weighted by Gasteiger charge is -2.30. The predicted molar refractivity (Wildman–Crippen MR) is 119 cm³/mol. The first-order valence-electron chi connectivity index (χ1n) is 10.1. The molecule has 1 N–H and O–H groups in total. The zero-order valence-corrected chi connectivity index (χ0v) is 17.8. The maximum Gasteiger partial charge on any atom is 0.387 e. The number of amides is 2. The summed E-state index contributed by atoms with van der Waals surface area (Å²) in [5.74, 6) is -0.598. The normalized spacial score (nSPS) is 11.7. The van der Waals surface area contributed by atoms with Gasteiger partial charge in [-0.1, -0.05) is 48.5 Å². The van der Waals surface area contributed by atoms with E-state index in [4.69, 9.17) is 0 Å². The van der Waals surface area contributed by atoms with Gasteiger partial charge >= 0.3 is 6.61 Å². The third kappa shape index (κ3) is 6.14. The SMILES string of the molecule is CC(=O)Nc1cccc(C(C)N(Cc2ccccc2)C(=O)c2cccc(OC(F)F)c2)c1. The molecule has 1 atom stereocenters. The van der Waals surface area contributed by atoms with E-state index in [1.165, 1.54) is 25.1 Å². The number of nitrogens with one attached hydrogen (secondary N) is 1. The molecule has 3 rings (SSSR count). The van der Waals surface area contributed by atoms with Crippen LogP contribution < -0.4 is 10.1 Å². The van der Waals surface area contributed by atoms with Crippen molar-refractivity contribution in [2.45, 2.75) is 33.0 Å². The molecule has 0 heterocycles. The van der Waals surface area contributed by atoms with Crippen LogP contribution in [0.2, 0.25) is 0 Å². The second-order valence-electron chi connectivity index (χ2n) is 7.31. The number of halogens is 2. The van der Waals surface area contributed by atoms with Gasteiger partial charge in [0.25, 0.3) is 5.91 Å². The molecule has 3 aromatic rings. The first-order valence-corrected chi connectivity index (χ1v) is 10.1. The van der Waals surface area contributed by atoms with Gasteiger partial charge in [-0.2, -0.15) is 8.78 Å². The van der Waals surface area contributed by atoms with Crippen LogP contribution in [0.1, 0.15) is 41.4 Å². The third-order valence-corrected chi connectivity index (χ3v) is 4.92. The Bertz CT molecular complexity index is 1070. The fraction of sp³-hybridized carbons (Fsp3) is 0.200. The van der Waals surface area contributed by atoms with E-state index in [1.54, 1.807) is 23.1 Å². The molecule has 0 bridgehead atoms. The summed E-state index contributed by atoms with van der Waals surface area (Å²) < 4.78 is 29.7. The first-order chi connectivity index (χ1) is 15.3. The van der Waals surface area contributed by atoms with E-state index in [0.29, 0.717) is 12.2 Å². The second-order valence-corrected chi connectivity index (χ2v) is 7.31. The maximum absolute atomic E-state index is 13.5. The Hall–Kier alpha value is -3.74. The maximum atomic E-state index is 13.5. The number of hydrogen-bond donors (Lipinski definition) is 1. The average molecular weight is 438 g/mol. The fourth-order valence-corrected chi connectivity index (χ4v) is 3.40. The highest BCUT2D eigenvalue weighted by Crippen LogP contribution is 2.28. The molecule has 0 aliphatic heterocycles. The van der Waals surface area contributed by atoms with Crippen LogP contribution in [0.4, 0.5) is 14.5 Å². The van der Waals surface area contributed by atoms with Crippen LogP contribution in [0.25, 0.3) is 0 Å². The van der Waals surface area contributed by atoms with Gasteiger partial charge in [0.2, 0.25) is 5.91 Å². The van der Waals surface area contributed by atoms with Crippen molar-refractivity contribution in [3.63, 3.8) is 0 Å². The highest BCUT2D eigenvalue weighted by molar-refractivity contribution is 5.95. The number of anilines is 1. The number of rotatable bonds is 8. The van der Waals surface area contributed by atoms with Crippen molar-refractivity contribution in [1.29, 1.82) is 0 Å². The lowest BCUT2D eigenvalue weighted by Crippen LogP contribution is -2.33. The molecule has 2 amide bonds. The minimum absolute atomic E-state index is 0.0779. The van der Waals surface area contributed by atoms with E-state index in [0.717, 1.165) is 11.1 Å². The predicted octanol–water partition coefficient (Wildman–Crippen LogP) is 5.65. The van der Waals surface area contributed by atoms with Crippen molar-refractivity contribution in [3.8, 4) is 5.75 Å². The van der Waals surface area contributed by atoms with Crippen molar-refractivity contribution < 1.29 is 23.1 Å². The van der Waals surface area contributed by atoms with Crippen LogP contribution in [-0.2, 0) is 11.3 Å². The van der Waals surface area contributed by atoms with Gasteiger partial charge < -0.3 is 15.0 Å². The summed E-state index contributed by atoms with van der Waals surface area (Å²) in [5, 5.41) is 2.75. The first kappa shape index (κ1) is 22.9. The van der Waals surface area contributed by atoms with Crippen LogP contribution in [0.15, 0.2) is 78.9 Å². The molecule has 32 heavy (non-hydrogen) atoms. The summed E-state index contributed by atoms with van der Waals surface area (Å²) >= 11 is 0. The Labute approximate surface area is 185 Å². The van der Waals surface area contributed by atoms with Gasteiger partial charge in [0.1, 0.15) is 5.75 Å². The summed E-state index contributed by atoms with van der Waals surface area (Å²) in [6, 6.07) is 22.2. The largest absolute Gasteiger partial charge is 0.435 e. The number of carbonyl (C=O) groups is 2. The smallest absolute Gasteiger partial charge is 0.387 e. The van der Waals surface area contributed by atoms with Crippen LogP contribution in [-0.4, -0.2) is 23.3 Å². The number of ether oxygens (including phenoxy) is 1. The summed E-state index contributed by atoms with van der Waals surface area (Å²) in [4.78, 5) is 26.6. The van der Waals surface area contributed by atoms with Crippen molar-refractivity contribution in [2.75, 3.05) is 5.32 Å². The molecule has 0 aliphatic carbocycles. The Morgan fingerprint density at radius 1 is 0.969 bits per heavy atom. The number of carbonyl (C=O) groups excluding carboxylic acids is 2. The average Bonchev–Trinajstić information content (AvgIpc) is 2.77. The van der Waals surface area contributed by atoms with Crippen molar-refractivity contribution >= 4 is 17.5 Å². The molecule has 0 spiro atoms. The van der Waals surface area contributed by atoms with E-state index in [2.05, 4.69) is 10.1 Å². The van der Waals surface area contributed by atoms with Crippen LogP contribution in [0, 0.1) is 0 Å². The van der Waals surface area contributed by atoms with Crippen molar-refractivity contribution in [3.05, 3.63) is 95.6 Å². The third-order valence-electron chi connectivity index (χ3n) is 4.92. The van der Waals surface area contributed by atoms with Gasteiger partial charge in [-0.3, -0.25) is 9.59 Å². The van der Waals surface area contributed by atoms with Gasteiger partial charge in [0.15, 0.2) is 0 Å². The molecule has 0 saturated carbocycles. The van der Waals surface area contributed by atoms with Gasteiger partial charge in [0.05, 0.1) is 6.04 Å². The zero-order valence-electron chi connectivity index (χ0n) is 17.8. The molecule has 0 aliphatic rings. The van der Waals surface area contributed by atoms with E-state index in [-0.39, 0.29) is 29.2 Å². The molecule has 1 unspecified atom stereocenters. The van der Waals surface area contributed by atoms with Gasteiger partial charge in [-0.25, -0.2) is 0 Å². The van der Waals surface area contributed by atoms with E-state index < -0.39 is 6.61 Å². The topological polar surface area (TPSA) is 58.6 Å². The lowest BCUT2D eigenvalue weighted by molar-refractivity contribution is -0.114. The van der Waals surface area contributed by atoms with Crippen molar-refractivity contribution in [1.82, 2.24) is 4.90 Å². The molecule has 0 fully saturated rings. The lowest BCUT2D eigenvalue weighted by atomic mass is 10.0.